The van der Waals surface area contributed by atoms with Crippen molar-refractivity contribution >= 4 is 11.9 Å². The Labute approximate surface area is 101 Å². The highest BCUT2D eigenvalue weighted by atomic mass is 16.6. The summed E-state index contributed by atoms with van der Waals surface area (Å²) in [7, 11) is 0. The first-order valence-corrected chi connectivity index (χ1v) is 5.75. The first-order chi connectivity index (χ1) is 7.82. The number of fused-ring (bicyclic) bond motifs is 1. The zero-order valence-electron chi connectivity index (χ0n) is 10.5. The number of carbonyl (C=O) groups is 2. The van der Waals surface area contributed by atoms with E-state index in [0.717, 1.165) is 5.57 Å². The topological polar surface area (TPSA) is 43.4 Å². The molecule has 0 atom stereocenters. The summed E-state index contributed by atoms with van der Waals surface area (Å²) in [5.41, 5.74) is 1.47. The van der Waals surface area contributed by atoms with Crippen LogP contribution < -0.4 is 0 Å². The normalized spacial score (nSPS) is 22.5. The van der Waals surface area contributed by atoms with E-state index < -0.39 is 11.9 Å². The number of esters is 2. The minimum atomic E-state index is -0.528. The average Bonchev–Trinajstić information content (AvgIpc) is 2.39. The molecule has 17 heavy (non-hydrogen) atoms. The number of rotatable bonds is 1. The van der Waals surface area contributed by atoms with Crippen molar-refractivity contribution in [1.82, 2.24) is 0 Å². The zero-order valence-corrected chi connectivity index (χ0v) is 10.5. The molecule has 1 heterocycles. The molecular weight excluding hydrogens is 216 g/mol. The fourth-order valence-electron chi connectivity index (χ4n) is 2.10. The van der Waals surface area contributed by atoms with E-state index in [2.05, 4.69) is 0 Å². The molecule has 0 spiro atoms. The summed E-state index contributed by atoms with van der Waals surface area (Å²) in [6, 6.07) is 0. The summed E-state index contributed by atoms with van der Waals surface area (Å²) in [4.78, 5) is 23.4. The van der Waals surface area contributed by atoms with E-state index >= 15 is 0 Å². The summed E-state index contributed by atoms with van der Waals surface area (Å²) in [6.45, 7) is 7.98. The van der Waals surface area contributed by atoms with Gasteiger partial charge in [-0.25, -0.2) is 9.59 Å². The van der Waals surface area contributed by atoms with E-state index in [0.29, 0.717) is 11.1 Å². The molecule has 1 saturated heterocycles. The largest absolute Gasteiger partial charge is 0.386 e. The molecule has 0 bridgehead atoms. The maximum atomic E-state index is 11.7. The van der Waals surface area contributed by atoms with Gasteiger partial charge in [0, 0.05) is 5.41 Å². The maximum absolute atomic E-state index is 11.7. The van der Waals surface area contributed by atoms with Crippen molar-refractivity contribution in [3.8, 4) is 0 Å². The molecule has 0 radical (unpaired) electrons. The summed E-state index contributed by atoms with van der Waals surface area (Å²) >= 11 is 0. The lowest BCUT2D eigenvalue weighted by molar-refractivity contribution is -0.149. The quantitative estimate of drug-likeness (QED) is 0.515. The molecule has 2 rings (SSSR count). The molecule has 1 aliphatic carbocycles. The second kappa shape index (κ2) is 3.69. The van der Waals surface area contributed by atoms with Crippen LogP contribution in [0.2, 0.25) is 0 Å². The first-order valence-electron chi connectivity index (χ1n) is 5.75. The molecule has 1 aliphatic heterocycles. The summed E-state index contributed by atoms with van der Waals surface area (Å²) in [5, 5.41) is 0. The van der Waals surface area contributed by atoms with Crippen LogP contribution in [-0.4, -0.2) is 11.9 Å². The lowest BCUT2D eigenvalue weighted by atomic mass is 9.90. The molecule has 0 aromatic carbocycles. The second-order valence-electron chi connectivity index (χ2n) is 5.37. The van der Waals surface area contributed by atoms with Crippen LogP contribution >= 0.6 is 0 Å². The Morgan fingerprint density at radius 2 is 1.82 bits per heavy atom. The monoisotopic (exact) mass is 232 g/mol. The van der Waals surface area contributed by atoms with Gasteiger partial charge >= 0.3 is 11.9 Å². The van der Waals surface area contributed by atoms with Gasteiger partial charge in [0.2, 0.25) is 0 Å². The standard InChI is InChI=1S/C14H16O3/c1-8(2)9-5-6-14(3,4)7-10-11(9)13(16)17-12(10)15/h5-8H,1-4H3. The molecule has 3 heteroatoms. The highest BCUT2D eigenvalue weighted by Gasteiger charge is 2.38. The van der Waals surface area contributed by atoms with E-state index in [-0.39, 0.29) is 11.3 Å². The van der Waals surface area contributed by atoms with Gasteiger partial charge in [0.05, 0.1) is 11.1 Å². The fraction of sp³-hybridized carbons (Fsp3) is 0.429. The van der Waals surface area contributed by atoms with Crippen LogP contribution in [0.1, 0.15) is 27.7 Å². The van der Waals surface area contributed by atoms with Crippen molar-refractivity contribution in [2.24, 2.45) is 11.3 Å². The Bertz CT molecular complexity index is 488. The highest BCUT2D eigenvalue weighted by Crippen LogP contribution is 2.36. The molecule has 3 nitrogen and oxygen atoms in total. The Kier molecular flexibility index (Phi) is 2.57. The number of hydrogen-bond acceptors (Lipinski definition) is 3. The molecule has 2 aliphatic rings. The number of allylic oxidation sites excluding steroid dienone is 4. The smallest absolute Gasteiger partial charge is 0.347 e. The summed E-state index contributed by atoms with van der Waals surface area (Å²) in [5.74, 6) is -0.871. The van der Waals surface area contributed by atoms with Crippen LogP contribution in [-0.2, 0) is 14.3 Å². The van der Waals surface area contributed by atoms with Crippen molar-refractivity contribution in [3.05, 3.63) is 34.9 Å². The molecular formula is C14H16O3. The predicted molar refractivity (Wildman–Crippen MR) is 64.0 cm³/mol. The lowest BCUT2D eigenvalue weighted by Crippen LogP contribution is -2.05. The van der Waals surface area contributed by atoms with Crippen LogP contribution in [0.15, 0.2) is 34.9 Å². The van der Waals surface area contributed by atoms with Crippen LogP contribution in [0.25, 0.3) is 0 Å². The van der Waals surface area contributed by atoms with Gasteiger partial charge in [-0.15, -0.1) is 0 Å². The predicted octanol–water partition coefficient (Wildman–Crippen LogP) is 2.54. The van der Waals surface area contributed by atoms with Crippen molar-refractivity contribution in [2.45, 2.75) is 27.7 Å². The van der Waals surface area contributed by atoms with Crippen LogP contribution in [0.5, 0.6) is 0 Å². The van der Waals surface area contributed by atoms with Gasteiger partial charge in [-0.3, -0.25) is 0 Å². The second-order valence-corrected chi connectivity index (χ2v) is 5.37. The third-order valence-electron chi connectivity index (χ3n) is 3.00. The van der Waals surface area contributed by atoms with Crippen molar-refractivity contribution < 1.29 is 14.3 Å². The number of ether oxygens (including phenoxy) is 1. The Morgan fingerprint density at radius 1 is 1.18 bits per heavy atom. The van der Waals surface area contributed by atoms with Gasteiger partial charge in [0.1, 0.15) is 0 Å². The van der Waals surface area contributed by atoms with Gasteiger partial charge in [-0.2, -0.15) is 0 Å². The van der Waals surface area contributed by atoms with Crippen molar-refractivity contribution in [1.29, 1.82) is 0 Å². The summed E-state index contributed by atoms with van der Waals surface area (Å²) < 4.78 is 4.70. The van der Waals surface area contributed by atoms with E-state index in [1.807, 2.05) is 39.8 Å². The Balaban J connectivity index is 2.69. The van der Waals surface area contributed by atoms with Gasteiger partial charge in [-0.05, 0) is 11.5 Å². The van der Waals surface area contributed by atoms with Gasteiger partial charge in [0.25, 0.3) is 0 Å². The molecule has 90 valence electrons. The van der Waals surface area contributed by atoms with E-state index in [1.54, 1.807) is 6.08 Å². The zero-order chi connectivity index (χ0) is 12.8. The molecule has 0 aromatic heterocycles. The number of hydrogen-bond donors (Lipinski definition) is 0. The fourth-order valence-corrected chi connectivity index (χ4v) is 2.10. The highest BCUT2D eigenvalue weighted by molar-refractivity contribution is 6.19. The third-order valence-corrected chi connectivity index (χ3v) is 3.00. The van der Waals surface area contributed by atoms with E-state index in [1.165, 1.54) is 0 Å². The van der Waals surface area contributed by atoms with E-state index in [9.17, 15) is 9.59 Å². The lowest BCUT2D eigenvalue weighted by Gasteiger charge is -2.13. The molecule has 1 fully saturated rings. The van der Waals surface area contributed by atoms with Crippen molar-refractivity contribution in [3.63, 3.8) is 0 Å². The molecule has 0 unspecified atom stereocenters. The Hall–Kier alpha value is -1.64. The van der Waals surface area contributed by atoms with Crippen LogP contribution in [0, 0.1) is 11.3 Å². The average molecular weight is 232 g/mol. The number of carbonyl (C=O) groups excluding carboxylic acids is 2. The maximum Gasteiger partial charge on any atom is 0.347 e. The van der Waals surface area contributed by atoms with Gasteiger partial charge in [0.15, 0.2) is 0 Å². The van der Waals surface area contributed by atoms with Crippen LogP contribution in [0.3, 0.4) is 0 Å². The van der Waals surface area contributed by atoms with Gasteiger partial charge < -0.3 is 4.74 Å². The third kappa shape index (κ3) is 1.97. The molecule has 0 amide bonds. The van der Waals surface area contributed by atoms with Crippen molar-refractivity contribution in [2.75, 3.05) is 0 Å². The minimum Gasteiger partial charge on any atom is -0.386 e. The summed E-state index contributed by atoms with van der Waals surface area (Å²) in [6.07, 6.45) is 5.76. The molecule has 0 aromatic rings. The first kappa shape index (κ1) is 11.8. The van der Waals surface area contributed by atoms with Crippen LogP contribution in [0.4, 0.5) is 0 Å². The number of cyclic esters (lactones) is 2. The minimum absolute atomic E-state index is 0.178. The molecule has 0 N–H and O–H groups in total. The SMILES string of the molecule is CC(C)C1=C2C(=O)OC(=O)C2=CC(C)(C)C=C1. The van der Waals surface area contributed by atoms with Gasteiger partial charge in [-0.1, -0.05) is 45.9 Å². The Morgan fingerprint density at radius 3 is 2.41 bits per heavy atom. The van der Waals surface area contributed by atoms with E-state index in [4.69, 9.17) is 4.74 Å². The molecule has 0 saturated carbocycles.